The number of ketones is 1. The SMILES string of the molecule is CC(=O)CSc1nc(C)cnc1C. The zero-order chi connectivity index (χ0) is 9.84. The zero-order valence-electron chi connectivity index (χ0n) is 8.00. The highest BCUT2D eigenvalue weighted by Crippen LogP contribution is 2.17. The smallest absolute Gasteiger partial charge is 0.140 e. The number of carbonyl (C=O) groups excluding carboxylic acids is 1. The predicted molar refractivity (Wildman–Crippen MR) is 52.9 cm³/mol. The number of carbonyl (C=O) groups is 1. The standard InChI is InChI=1S/C9H12N2OS/c1-6-4-10-8(3)9(11-6)13-5-7(2)12/h4H,5H2,1-3H3. The lowest BCUT2D eigenvalue weighted by Gasteiger charge is -2.02. The third-order valence-corrected chi connectivity index (χ3v) is 2.66. The van der Waals surface area contributed by atoms with Gasteiger partial charge in [-0.1, -0.05) is 11.8 Å². The Morgan fingerprint density at radius 1 is 1.54 bits per heavy atom. The molecule has 0 unspecified atom stereocenters. The molecule has 70 valence electrons. The van der Waals surface area contributed by atoms with Gasteiger partial charge < -0.3 is 0 Å². The van der Waals surface area contributed by atoms with E-state index < -0.39 is 0 Å². The maximum absolute atomic E-state index is 10.7. The molecule has 0 radical (unpaired) electrons. The summed E-state index contributed by atoms with van der Waals surface area (Å²) in [6, 6.07) is 0. The molecular formula is C9H12N2OS. The predicted octanol–water partition coefficient (Wildman–Crippen LogP) is 1.77. The van der Waals surface area contributed by atoms with Crippen molar-refractivity contribution in [2.24, 2.45) is 0 Å². The highest BCUT2D eigenvalue weighted by molar-refractivity contribution is 7.99. The molecule has 0 aliphatic carbocycles. The Morgan fingerprint density at radius 3 is 2.85 bits per heavy atom. The van der Waals surface area contributed by atoms with Crippen LogP contribution in [0, 0.1) is 13.8 Å². The van der Waals surface area contributed by atoms with E-state index in [2.05, 4.69) is 9.97 Å². The summed E-state index contributed by atoms with van der Waals surface area (Å²) in [7, 11) is 0. The van der Waals surface area contributed by atoms with Gasteiger partial charge in [0.2, 0.25) is 0 Å². The van der Waals surface area contributed by atoms with Crippen molar-refractivity contribution in [2.45, 2.75) is 25.8 Å². The van der Waals surface area contributed by atoms with E-state index in [1.165, 1.54) is 11.8 Å². The lowest BCUT2D eigenvalue weighted by Crippen LogP contribution is -1.97. The van der Waals surface area contributed by atoms with Crippen LogP contribution in [0.4, 0.5) is 0 Å². The number of thioether (sulfide) groups is 1. The highest BCUT2D eigenvalue weighted by Gasteiger charge is 2.03. The van der Waals surface area contributed by atoms with Crippen LogP contribution in [0.1, 0.15) is 18.3 Å². The van der Waals surface area contributed by atoms with Crippen molar-refractivity contribution in [3.05, 3.63) is 17.6 Å². The Hall–Kier alpha value is -0.900. The van der Waals surface area contributed by atoms with Crippen molar-refractivity contribution in [2.75, 3.05) is 5.75 Å². The van der Waals surface area contributed by atoms with Crippen LogP contribution in [0.5, 0.6) is 0 Å². The third-order valence-electron chi connectivity index (χ3n) is 1.44. The van der Waals surface area contributed by atoms with Gasteiger partial charge in [0.1, 0.15) is 10.8 Å². The second kappa shape index (κ2) is 4.37. The molecule has 4 heteroatoms. The molecule has 0 aliphatic rings. The minimum absolute atomic E-state index is 0.160. The van der Waals surface area contributed by atoms with Gasteiger partial charge in [0.15, 0.2) is 0 Å². The fourth-order valence-corrected chi connectivity index (χ4v) is 1.63. The summed E-state index contributed by atoms with van der Waals surface area (Å²) in [6.07, 6.45) is 1.73. The fraction of sp³-hybridized carbons (Fsp3) is 0.444. The van der Waals surface area contributed by atoms with Gasteiger partial charge in [-0.2, -0.15) is 0 Å². The summed E-state index contributed by atoms with van der Waals surface area (Å²) in [6.45, 7) is 5.37. The van der Waals surface area contributed by atoms with Crippen LogP contribution < -0.4 is 0 Å². The second-order valence-electron chi connectivity index (χ2n) is 2.89. The molecule has 0 aliphatic heterocycles. The van der Waals surface area contributed by atoms with E-state index in [9.17, 15) is 4.79 Å². The Kier molecular flexibility index (Phi) is 3.42. The normalized spacial score (nSPS) is 10.1. The minimum Gasteiger partial charge on any atom is -0.299 e. The van der Waals surface area contributed by atoms with Crippen LogP contribution >= 0.6 is 11.8 Å². The van der Waals surface area contributed by atoms with Gasteiger partial charge in [-0.15, -0.1) is 0 Å². The topological polar surface area (TPSA) is 42.9 Å². The van der Waals surface area contributed by atoms with Crippen molar-refractivity contribution in [1.29, 1.82) is 0 Å². The lowest BCUT2D eigenvalue weighted by molar-refractivity contribution is -0.114. The molecule has 0 N–H and O–H groups in total. The highest BCUT2D eigenvalue weighted by atomic mass is 32.2. The summed E-state index contributed by atoms with van der Waals surface area (Å²) in [5, 5.41) is 0.857. The van der Waals surface area contributed by atoms with Crippen molar-refractivity contribution < 1.29 is 4.79 Å². The number of aromatic nitrogens is 2. The van der Waals surface area contributed by atoms with Gasteiger partial charge in [-0.05, 0) is 20.8 Å². The van der Waals surface area contributed by atoms with Crippen LogP contribution in [0.25, 0.3) is 0 Å². The number of rotatable bonds is 3. The molecule has 0 amide bonds. The van der Waals surface area contributed by atoms with Crippen LogP contribution in [0.2, 0.25) is 0 Å². The molecule has 1 heterocycles. The van der Waals surface area contributed by atoms with E-state index in [1.54, 1.807) is 13.1 Å². The summed E-state index contributed by atoms with van der Waals surface area (Å²) in [4.78, 5) is 19.2. The monoisotopic (exact) mass is 196 g/mol. The summed E-state index contributed by atoms with van der Waals surface area (Å²) in [5.41, 5.74) is 1.77. The molecule has 0 atom stereocenters. The van der Waals surface area contributed by atoms with Crippen LogP contribution in [-0.4, -0.2) is 21.5 Å². The first kappa shape index (κ1) is 10.2. The number of hydrogen-bond donors (Lipinski definition) is 0. The van der Waals surface area contributed by atoms with Gasteiger partial charge in [-0.3, -0.25) is 9.78 Å². The molecule has 1 aromatic heterocycles. The Balaban J connectivity index is 2.75. The van der Waals surface area contributed by atoms with Gasteiger partial charge >= 0.3 is 0 Å². The van der Waals surface area contributed by atoms with Crippen LogP contribution in [-0.2, 0) is 4.79 Å². The zero-order valence-corrected chi connectivity index (χ0v) is 8.81. The molecule has 3 nitrogen and oxygen atoms in total. The second-order valence-corrected chi connectivity index (χ2v) is 3.86. The average molecular weight is 196 g/mol. The van der Waals surface area contributed by atoms with Gasteiger partial charge in [-0.25, -0.2) is 4.98 Å². The molecule has 0 bridgehead atoms. The number of hydrogen-bond acceptors (Lipinski definition) is 4. The van der Waals surface area contributed by atoms with E-state index in [0.717, 1.165) is 16.4 Å². The van der Waals surface area contributed by atoms with E-state index in [1.807, 2.05) is 13.8 Å². The maximum atomic E-state index is 10.7. The largest absolute Gasteiger partial charge is 0.299 e. The van der Waals surface area contributed by atoms with Gasteiger partial charge in [0.25, 0.3) is 0 Å². The first-order chi connectivity index (χ1) is 6.09. The van der Waals surface area contributed by atoms with Crippen LogP contribution in [0.15, 0.2) is 11.2 Å². The molecule has 1 rings (SSSR count). The molecule has 0 aromatic carbocycles. The van der Waals surface area contributed by atoms with E-state index in [-0.39, 0.29) is 5.78 Å². The fourth-order valence-electron chi connectivity index (χ4n) is 0.822. The molecule has 0 spiro atoms. The first-order valence-electron chi connectivity index (χ1n) is 4.02. The summed E-state index contributed by atoms with van der Waals surface area (Å²) >= 11 is 1.45. The molecule has 0 saturated heterocycles. The number of aryl methyl sites for hydroxylation is 2. The molecule has 0 fully saturated rings. The number of Topliss-reactive ketones (excluding diaryl/α,β-unsaturated/α-hetero) is 1. The van der Waals surface area contributed by atoms with Crippen molar-refractivity contribution in [1.82, 2.24) is 9.97 Å². The van der Waals surface area contributed by atoms with Crippen molar-refractivity contribution in [3.63, 3.8) is 0 Å². The van der Waals surface area contributed by atoms with E-state index >= 15 is 0 Å². The van der Waals surface area contributed by atoms with E-state index in [0.29, 0.717) is 5.75 Å². The lowest BCUT2D eigenvalue weighted by atomic mass is 10.4. The van der Waals surface area contributed by atoms with Gasteiger partial charge in [0, 0.05) is 6.20 Å². The van der Waals surface area contributed by atoms with Crippen LogP contribution in [0.3, 0.4) is 0 Å². The summed E-state index contributed by atoms with van der Waals surface area (Å²) < 4.78 is 0. The average Bonchev–Trinajstić information content (AvgIpc) is 2.06. The minimum atomic E-state index is 0.160. The first-order valence-corrected chi connectivity index (χ1v) is 5.00. The van der Waals surface area contributed by atoms with Crippen molar-refractivity contribution in [3.8, 4) is 0 Å². The molecule has 1 aromatic rings. The number of nitrogens with zero attached hydrogens (tertiary/aromatic N) is 2. The van der Waals surface area contributed by atoms with Crippen molar-refractivity contribution >= 4 is 17.5 Å². The van der Waals surface area contributed by atoms with Gasteiger partial charge in [0.05, 0.1) is 17.1 Å². The Morgan fingerprint density at radius 2 is 2.23 bits per heavy atom. The summed E-state index contributed by atoms with van der Waals surface area (Å²) in [5.74, 6) is 0.631. The molecular weight excluding hydrogens is 184 g/mol. The molecule has 13 heavy (non-hydrogen) atoms. The van der Waals surface area contributed by atoms with E-state index in [4.69, 9.17) is 0 Å². The quantitative estimate of drug-likeness (QED) is 0.691. The third kappa shape index (κ3) is 3.14. The Bertz CT molecular complexity index is 325. The maximum Gasteiger partial charge on any atom is 0.140 e. The Labute approximate surface area is 82.0 Å². The molecule has 0 saturated carbocycles.